The molecule has 2 aromatic rings. The van der Waals surface area contributed by atoms with Gasteiger partial charge in [-0.2, -0.15) is 0 Å². The lowest BCUT2D eigenvalue weighted by Crippen LogP contribution is -2.44. The molecule has 0 bridgehead atoms. The fourth-order valence-corrected chi connectivity index (χ4v) is 3.07. The summed E-state index contributed by atoms with van der Waals surface area (Å²) in [6.07, 6.45) is 0. The van der Waals surface area contributed by atoms with E-state index >= 15 is 0 Å². The Hall–Kier alpha value is -3.28. The van der Waals surface area contributed by atoms with Crippen molar-refractivity contribution in [2.24, 2.45) is 0 Å². The number of fused-ring (bicyclic) bond motifs is 1. The number of rotatable bonds is 2. The van der Waals surface area contributed by atoms with Crippen molar-refractivity contribution in [2.75, 3.05) is 11.7 Å². The van der Waals surface area contributed by atoms with E-state index < -0.39 is 17.7 Å². The first-order valence-electron chi connectivity index (χ1n) is 7.80. The Morgan fingerprint density at radius 3 is 2.52 bits per heavy atom. The van der Waals surface area contributed by atoms with E-state index in [-0.39, 0.29) is 18.1 Å². The molecule has 1 unspecified atom stereocenters. The van der Waals surface area contributed by atoms with Gasteiger partial charge in [0.15, 0.2) is 23.0 Å². The number of nitrogens with zero attached hydrogens (tertiary/aromatic N) is 1. The van der Waals surface area contributed by atoms with Gasteiger partial charge in [0, 0.05) is 11.3 Å². The SMILES string of the molecule is CC1=C(O)C(=O)N(c2ccccc2)C(c2ccc3c(c2)OCO3)C1=O. The zero-order chi connectivity index (χ0) is 17.6. The summed E-state index contributed by atoms with van der Waals surface area (Å²) in [7, 11) is 0. The van der Waals surface area contributed by atoms with Gasteiger partial charge in [-0.25, -0.2) is 0 Å². The predicted octanol–water partition coefficient (Wildman–Crippen LogP) is 2.90. The molecule has 0 radical (unpaired) electrons. The molecular formula is C19H15NO5. The lowest BCUT2D eigenvalue weighted by atomic mass is 9.91. The molecule has 1 atom stereocenters. The summed E-state index contributed by atoms with van der Waals surface area (Å²) < 4.78 is 10.7. The van der Waals surface area contributed by atoms with Crippen LogP contribution >= 0.6 is 0 Å². The van der Waals surface area contributed by atoms with Crippen molar-refractivity contribution >= 4 is 17.4 Å². The number of para-hydroxylation sites is 1. The van der Waals surface area contributed by atoms with Crippen LogP contribution in [0.5, 0.6) is 11.5 Å². The van der Waals surface area contributed by atoms with Crippen molar-refractivity contribution < 1.29 is 24.2 Å². The summed E-state index contributed by atoms with van der Waals surface area (Å²) in [5, 5.41) is 10.1. The third kappa shape index (κ3) is 2.34. The maximum atomic E-state index is 12.9. The van der Waals surface area contributed by atoms with E-state index in [1.54, 1.807) is 42.5 Å². The molecule has 0 spiro atoms. The number of anilines is 1. The van der Waals surface area contributed by atoms with Crippen LogP contribution in [0, 0.1) is 0 Å². The molecular weight excluding hydrogens is 322 g/mol. The van der Waals surface area contributed by atoms with Crippen molar-refractivity contribution in [3.63, 3.8) is 0 Å². The van der Waals surface area contributed by atoms with Crippen molar-refractivity contribution in [2.45, 2.75) is 13.0 Å². The van der Waals surface area contributed by atoms with Crippen LogP contribution in [-0.2, 0) is 9.59 Å². The van der Waals surface area contributed by atoms with E-state index in [2.05, 4.69) is 0 Å². The molecule has 0 aromatic heterocycles. The number of hydrogen-bond acceptors (Lipinski definition) is 5. The molecule has 0 aliphatic carbocycles. The van der Waals surface area contributed by atoms with E-state index in [0.29, 0.717) is 22.7 Å². The summed E-state index contributed by atoms with van der Waals surface area (Å²) >= 11 is 0. The van der Waals surface area contributed by atoms with Crippen LogP contribution in [0.15, 0.2) is 59.9 Å². The Morgan fingerprint density at radius 2 is 1.76 bits per heavy atom. The highest BCUT2D eigenvalue weighted by atomic mass is 16.7. The fraction of sp³-hybridized carbons (Fsp3) is 0.158. The first-order valence-corrected chi connectivity index (χ1v) is 7.80. The number of benzene rings is 2. The van der Waals surface area contributed by atoms with Gasteiger partial charge in [0.2, 0.25) is 6.79 Å². The number of carbonyl (C=O) groups excluding carboxylic acids is 2. The largest absolute Gasteiger partial charge is 0.503 e. The molecule has 2 heterocycles. The fourth-order valence-electron chi connectivity index (χ4n) is 3.07. The van der Waals surface area contributed by atoms with E-state index in [0.717, 1.165) is 0 Å². The van der Waals surface area contributed by atoms with Crippen LogP contribution in [0.25, 0.3) is 0 Å². The number of carbonyl (C=O) groups is 2. The van der Waals surface area contributed by atoms with Gasteiger partial charge in [0.05, 0.1) is 0 Å². The summed E-state index contributed by atoms with van der Waals surface area (Å²) in [6.45, 7) is 1.58. The van der Waals surface area contributed by atoms with Gasteiger partial charge in [0.25, 0.3) is 5.91 Å². The molecule has 25 heavy (non-hydrogen) atoms. The molecule has 1 amide bonds. The summed E-state index contributed by atoms with van der Waals surface area (Å²) in [5.74, 6) is -0.335. The molecule has 0 saturated heterocycles. The minimum Gasteiger partial charge on any atom is -0.503 e. The lowest BCUT2D eigenvalue weighted by Gasteiger charge is -2.34. The van der Waals surface area contributed by atoms with Crippen molar-refractivity contribution in [1.29, 1.82) is 0 Å². The molecule has 6 nitrogen and oxygen atoms in total. The molecule has 2 aliphatic heterocycles. The second-order valence-electron chi connectivity index (χ2n) is 5.86. The third-order valence-corrected chi connectivity index (χ3v) is 4.40. The molecule has 0 saturated carbocycles. The lowest BCUT2D eigenvalue weighted by molar-refractivity contribution is -0.125. The number of ether oxygens (including phenoxy) is 2. The van der Waals surface area contributed by atoms with Gasteiger partial charge in [-0.1, -0.05) is 24.3 Å². The van der Waals surface area contributed by atoms with Gasteiger partial charge in [-0.05, 0) is 36.8 Å². The zero-order valence-corrected chi connectivity index (χ0v) is 13.4. The molecule has 1 N–H and O–H groups in total. The third-order valence-electron chi connectivity index (χ3n) is 4.40. The quantitative estimate of drug-likeness (QED) is 0.912. The van der Waals surface area contributed by atoms with Gasteiger partial charge in [0.1, 0.15) is 6.04 Å². The molecule has 2 aromatic carbocycles. The Balaban J connectivity index is 1.87. The van der Waals surface area contributed by atoms with Gasteiger partial charge >= 0.3 is 0 Å². The minimum atomic E-state index is -0.875. The summed E-state index contributed by atoms with van der Waals surface area (Å²) in [4.78, 5) is 26.9. The van der Waals surface area contributed by atoms with Gasteiger partial charge < -0.3 is 14.6 Å². The number of Topliss-reactive ketones (excluding diaryl/α,β-unsaturated/α-hetero) is 1. The van der Waals surface area contributed by atoms with Gasteiger partial charge in [-0.15, -0.1) is 0 Å². The smallest absolute Gasteiger partial charge is 0.294 e. The highest BCUT2D eigenvalue weighted by Crippen LogP contribution is 2.40. The van der Waals surface area contributed by atoms with Crippen LogP contribution in [0.3, 0.4) is 0 Å². The second kappa shape index (κ2) is 5.66. The Bertz CT molecular complexity index is 903. The highest BCUT2D eigenvalue weighted by Gasteiger charge is 2.41. The van der Waals surface area contributed by atoms with Crippen molar-refractivity contribution in [3.8, 4) is 11.5 Å². The predicted molar refractivity (Wildman–Crippen MR) is 89.6 cm³/mol. The van der Waals surface area contributed by atoms with E-state index in [9.17, 15) is 14.7 Å². The maximum Gasteiger partial charge on any atom is 0.294 e. The average molecular weight is 337 g/mol. The van der Waals surface area contributed by atoms with Gasteiger partial charge in [-0.3, -0.25) is 14.5 Å². The van der Waals surface area contributed by atoms with Crippen LogP contribution in [0.4, 0.5) is 5.69 Å². The first-order chi connectivity index (χ1) is 12.1. The highest BCUT2D eigenvalue weighted by molar-refractivity contribution is 6.19. The van der Waals surface area contributed by atoms with E-state index in [1.165, 1.54) is 11.8 Å². The number of aliphatic hydroxyl groups excluding tert-OH is 1. The normalized spacial score (nSPS) is 19.6. The van der Waals surface area contributed by atoms with Crippen LogP contribution in [0.2, 0.25) is 0 Å². The second-order valence-corrected chi connectivity index (χ2v) is 5.86. The van der Waals surface area contributed by atoms with Crippen molar-refractivity contribution in [3.05, 3.63) is 65.4 Å². The molecule has 4 rings (SSSR count). The Labute approximate surface area is 143 Å². The summed E-state index contributed by atoms with van der Waals surface area (Å²) in [6, 6.07) is 13.1. The number of amides is 1. The first kappa shape index (κ1) is 15.3. The number of aliphatic hydroxyl groups is 1. The minimum absolute atomic E-state index is 0.0554. The topological polar surface area (TPSA) is 76.1 Å². The Morgan fingerprint density at radius 1 is 1.04 bits per heavy atom. The Kier molecular flexibility index (Phi) is 3.46. The zero-order valence-electron chi connectivity index (χ0n) is 13.4. The van der Waals surface area contributed by atoms with Crippen molar-refractivity contribution in [1.82, 2.24) is 0 Å². The molecule has 126 valence electrons. The van der Waals surface area contributed by atoms with Crippen LogP contribution in [-0.4, -0.2) is 23.6 Å². The molecule has 0 fully saturated rings. The maximum absolute atomic E-state index is 12.9. The monoisotopic (exact) mass is 337 g/mol. The molecule has 6 heteroatoms. The average Bonchev–Trinajstić information content (AvgIpc) is 3.11. The van der Waals surface area contributed by atoms with E-state index in [4.69, 9.17) is 9.47 Å². The molecule has 2 aliphatic rings. The summed E-state index contributed by atoms with van der Waals surface area (Å²) in [5.41, 5.74) is 1.18. The number of ketones is 1. The number of hydrogen-bond donors (Lipinski definition) is 1. The van der Waals surface area contributed by atoms with Crippen LogP contribution < -0.4 is 14.4 Å². The van der Waals surface area contributed by atoms with Crippen LogP contribution in [0.1, 0.15) is 18.5 Å². The standard InChI is InChI=1S/C19H15NO5/c1-11-17(21)16(12-7-8-14-15(9-12)25-10-24-14)20(19(23)18(11)22)13-5-3-2-4-6-13/h2-9,16,22H,10H2,1H3. The van der Waals surface area contributed by atoms with E-state index in [1.807, 2.05) is 6.07 Å².